The number of aromatic nitrogens is 1. The monoisotopic (exact) mass is 228 g/mol. The van der Waals surface area contributed by atoms with E-state index in [-0.39, 0.29) is 17.0 Å². The molecule has 1 saturated heterocycles. The van der Waals surface area contributed by atoms with E-state index in [4.69, 9.17) is 9.84 Å². The van der Waals surface area contributed by atoms with E-state index in [1.807, 2.05) is 6.92 Å². The van der Waals surface area contributed by atoms with Crippen LogP contribution in [0.15, 0.2) is 6.20 Å². The number of anilines is 1. The fourth-order valence-corrected chi connectivity index (χ4v) is 2.24. The van der Waals surface area contributed by atoms with Crippen LogP contribution in [0.25, 0.3) is 0 Å². The Morgan fingerprint density at radius 1 is 1.80 bits per heavy atom. The zero-order valence-electron chi connectivity index (χ0n) is 8.27. The number of rotatable bonds is 3. The third kappa shape index (κ3) is 2.27. The number of carboxylic acid groups (broad SMARTS) is 1. The summed E-state index contributed by atoms with van der Waals surface area (Å²) in [6, 6.07) is 0.234. The van der Waals surface area contributed by atoms with Crippen molar-refractivity contribution in [3.63, 3.8) is 0 Å². The van der Waals surface area contributed by atoms with Gasteiger partial charge in [0, 0.05) is 6.61 Å². The van der Waals surface area contributed by atoms with Crippen LogP contribution in [0.2, 0.25) is 0 Å². The first-order valence-electron chi connectivity index (χ1n) is 4.74. The highest BCUT2D eigenvalue weighted by Gasteiger charge is 2.24. The van der Waals surface area contributed by atoms with Crippen molar-refractivity contribution < 1.29 is 14.6 Å². The summed E-state index contributed by atoms with van der Waals surface area (Å²) >= 11 is 1.15. The van der Waals surface area contributed by atoms with Crippen molar-refractivity contribution in [3.05, 3.63) is 11.1 Å². The van der Waals surface area contributed by atoms with E-state index in [0.29, 0.717) is 5.13 Å². The van der Waals surface area contributed by atoms with Gasteiger partial charge in [0.2, 0.25) is 0 Å². The molecule has 0 saturated carbocycles. The fraction of sp³-hybridized carbons (Fsp3) is 0.556. The Bertz CT molecular complexity index is 366. The van der Waals surface area contributed by atoms with Crippen molar-refractivity contribution in [3.8, 4) is 0 Å². The second kappa shape index (κ2) is 4.16. The number of nitrogens with one attached hydrogen (secondary N) is 1. The molecule has 15 heavy (non-hydrogen) atoms. The second-order valence-corrected chi connectivity index (χ2v) is 4.48. The van der Waals surface area contributed by atoms with Gasteiger partial charge in [0.1, 0.15) is 4.88 Å². The molecule has 0 amide bonds. The molecule has 2 N–H and O–H groups in total. The van der Waals surface area contributed by atoms with E-state index in [1.165, 1.54) is 6.20 Å². The molecule has 1 aliphatic heterocycles. The quantitative estimate of drug-likeness (QED) is 0.818. The number of aromatic carboxylic acids is 1. The van der Waals surface area contributed by atoms with Crippen LogP contribution >= 0.6 is 11.3 Å². The maximum atomic E-state index is 10.6. The van der Waals surface area contributed by atoms with E-state index in [1.54, 1.807) is 0 Å². The summed E-state index contributed by atoms with van der Waals surface area (Å²) in [6.07, 6.45) is 2.46. The topological polar surface area (TPSA) is 71.5 Å². The Kier molecular flexibility index (Phi) is 2.88. The number of ether oxygens (including phenoxy) is 1. The molecule has 6 heteroatoms. The number of hydrogen-bond acceptors (Lipinski definition) is 5. The summed E-state index contributed by atoms with van der Waals surface area (Å²) < 4.78 is 5.39. The van der Waals surface area contributed by atoms with Crippen molar-refractivity contribution >= 4 is 22.4 Å². The maximum Gasteiger partial charge on any atom is 0.347 e. The molecular weight excluding hydrogens is 216 g/mol. The zero-order chi connectivity index (χ0) is 10.8. The minimum Gasteiger partial charge on any atom is -0.477 e. The molecule has 1 aromatic heterocycles. The first kappa shape index (κ1) is 10.4. The molecule has 2 atom stereocenters. The largest absolute Gasteiger partial charge is 0.477 e. The molecule has 2 heterocycles. The third-order valence-electron chi connectivity index (χ3n) is 2.40. The molecule has 0 spiro atoms. The molecule has 1 fully saturated rings. The van der Waals surface area contributed by atoms with Gasteiger partial charge in [-0.2, -0.15) is 0 Å². The van der Waals surface area contributed by atoms with E-state index in [2.05, 4.69) is 10.3 Å². The van der Waals surface area contributed by atoms with Crippen molar-refractivity contribution in [2.45, 2.75) is 25.5 Å². The SMILES string of the molecule is CC1OCCC1Nc1ncc(C(=O)O)s1. The lowest BCUT2D eigenvalue weighted by Crippen LogP contribution is -2.26. The molecule has 2 unspecified atom stereocenters. The third-order valence-corrected chi connectivity index (χ3v) is 3.32. The average molecular weight is 228 g/mol. The van der Waals surface area contributed by atoms with Crippen LogP contribution in [0.4, 0.5) is 5.13 Å². The molecule has 0 bridgehead atoms. The fourth-order valence-electron chi connectivity index (χ4n) is 1.52. The van der Waals surface area contributed by atoms with Crippen LogP contribution in [-0.2, 0) is 4.74 Å². The molecule has 82 valence electrons. The smallest absolute Gasteiger partial charge is 0.347 e. The summed E-state index contributed by atoms with van der Waals surface area (Å²) in [4.78, 5) is 14.9. The van der Waals surface area contributed by atoms with Crippen molar-refractivity contribution in [2.24, 2.45) is 0 Å². The van der Waals surface area contributed by atoms with Crippen LogP contribution in [0.1, 0.15) is 23.0 Å². The van der Waals surface area contributed by atoms with Crippen LogP contribution in [0, 0.1) is 0 Å². The zero-order valence-corrected chi connectivity index (χ0v) is 9.08. The average Bonchev–Trinajstić information content (AvgIpc) is 2.77. The lowest BCUT2D eigenvalue weighted by molar-refractivity contribution is 0.0702. The first-order chi connectivity index (χ1) is 7.16. The highest BCUT2D eigenvalue weighted by molar-refractivity contribution is 7.17. The highest BCUT2D eigenvalue weighted by atomic mass is 32.1. The summed E-state index contributed by atoms with van der Waals surface area (Å²) in [6.45, 7) is 2.74. The maximum absolute atomic E-state index is 10.6. The Hall–Kier alpha value is -1.14. The van der Waals surface area contributed by atoms with E-state index in [0.717, 1.165) is 24.4 Å². The standard InChI is InChI=1S/C9H12N2O3S/c1-5-6(2-3-14-5)11-9-10-4-7(15-9)8(12)13/h4-6H,2-3H2,1H3,(H,10,11)(H,12,13). The van der Waals surface area contributed by atoms with E-state index < -0.39 is 5.97 Å². The van der Waals surface area contributed by atoms with E-state index >= 15 is 0 Å². The first-order valence-corrected chi connectivity index (χ1v) is 5.55. The Balaban J connectivity index is 2.01. The van der Waals surface area contributed by atoms with Gasteiger partial charge in [0.25, 0.3) is 0 Å². The molecule has 0 aromatic carbocycles. The summed E-state index contributed by atoms with van der Waals surface area (Å²) in [5, 5.41) is 12.6. The Labute approximate surface area is 91.1 Å². The normalized spacial score (nSPS) is 25.4. The summed E-state index contributed by atoms with van der Waals surface area (Å²) in [5.74, 6) is -0.934. The summed E-state index contributed by atoms with van der Waals surface area (Å²) in [7, 11) is 0. The van der Waals surface area contributed by atoms with Crippen LogP contribution in [0.3, 0.4) is 0 Å². The van der Waals surface area contributed by atoms with Crippen molar-refractivity contribution in [1.82, 2.24) is 4.98 Å². The lowest BCUT2D eigenvalue weighted by atomic mass is 10.2. The summed E-state index contributed by atoms with van der Waals surface area (Å²) in [5.41, 5.74) is 0. The minimum atomic E-state index is -0.934. The van der Waals surface area contributed by atoms with Crippen LogP contribution in [-0.4, -0.2) is 34.8 Å². The van der Waals surface area contributed by atoms with Gasteiger partial charge in [0.05, 0.1) is 18.3 Å². The predicted octanol–water partition coefficient (Wildman–Crippen LogP) is 1.43. The molecule has 1 aromatic rings. The minimum absolute atomic E-state index is 0.155. The van der Waals surface area contributed by atoms with Gasteiger partial charge in [-0.1, -0.05) is 11.3 Å². The number of carbonyl (C=O) groups is 1. The second-order valence-electron chi connectivity index (χ2n) is 3.45. The molecular formula is C9H12N2O3S. The van der Waals surface area contributed by atoms with Gasteiger partial charge < -0.3 is 15.2 Å². The number of carboxylic acids is 1. The number of hydrogen-bond donors (Lipinski definition) is 2. The Morgan fingerprint density at radius 3 is 3.13 bits per heavy atom. The molecule has 1 aliphatic rings. The number of thiazole rings is 1. The van der Waals surface area contributed by atoms with Gasteiger partial charge >= 0.3 is 5.97 Å². The van der Waals surface area contributed by atoms with Gasteiger partial charge in [-0.25, -0.2) is 9.78 Å². The van der Waals surface area contributed by atoms with Gasteiger partial charge in [0.15, 0.2) is 5.13 Å². The molecule has 2 rings (SSSR count). The predicted molar refractivity (Wildman–Crippen MR) is 56.5 cm³/mol. The Morgan fingerprint density at radius 2 is 2.60 bits per heavy atom. The van der Waals surface area contributed by atoms with Gasteiger partial charge in [-0.3, -0.25) is 0 Å². The van der Waals surface area contributed by atoms with Gasteiger partial charge in [-0.05, 0) is 13.3 Å². The van der Waals surface area contributed by atoms with E-state index in [9.17, 15) is 4.79 Å². The van der Waals surface area contributed by atoms with Crippen LogP contribution < -0.4 is 5.32 Å². The van der Waals surface area contributed by atoms with Gasteiger partial charge in [-0.15, -0.1) is 0 Å². The molecule has 5 nitrogen and oxygen atoms in total. The van der Waals surface area contributed by atoms with Crippen molar-refractivity contribution in [2.75, 3.05) is 11.9 Å². The molecule has 0 aliphatic carbocycles. The lowest BCUT2D eigenvalue weighted by Gasteiger charge is -2.14. The highest BCUT2D eigenvalue weighted by Crippen LogP contribution is 2.23. The van der Waals surface area contributed by atoms with Crippen molar-refractivity contribution in [1.29, 1.82) is 0 Å². The molecule has 0 radical (unpaired) electrons. The van der Waals surface area contributed by atoms with Crippen LogP contribution in [0.5, 0.6) is 0 Å². The number of nitrogens with zero attached hydrogens (tertiary/aromatic N) is 1.